The molecule has 0 radical (unpaired) electrons. The maximum atomic E-state index is 6.92. The van der Waals surface area contributed by atoms with Crippen LogP contribution in [0.2, 0.25) is 0 Å². The highest BCUT2D eigenvalue weighted by Gasteiger charge is 2.46. The number of aryl methyl sites for hydroxylation is 1. The van der Waals surface area contributed by atoms with Gasteiger partial charge in [-0.3, -0.25) is 4.40 Å². The van der Waals surface area contributed by atoms with Gasteiger partial charge in [0.1, 0.15) is 11.6 Å². The zero-order chi connectivity index (χ0) is 26.3. The molecule has 0 amide bonds. The van der Waals surface area contributed by atoms with Gasteiger partial charge >= 0.3 is 0 Å². The SMILES string of the molecule is COCC#Cc1ccc2c(c1)[C@@H](N)C1(CCN(c3nc(C)c(Sc4ccnc(N)n4)c4nccn34)CC1)C2. The number of nitrogens with zero attached hydrogens (tertiary/aromatic N) is 6. The van der Waals surface area contributed by atoms with Crippen LogP contribution in [0.4, 0.5) is 11.9 Å². The van der Waals surface area contributed by atoms with Crippen LogP contribution in [0, 0.1) is 24.2 Å². The smallest absolute Gasteiger partial charge is 0.221 e. The van der Waals surface area contributed by atoms with Crippen LogP contribution in [0.25, 0.3) is 5.65 Å². The van der Waals surface area contributed by atoms with E-state index >= 15 is 0 Å². The Morgan fingerprint density at radius 1 is 1.16 bits per heavy atom. The topological polar surface area (TPSA) is 120 Å². The highest BCUT2D eigenvalue weighted by molar-refractivity contribution is 7.99. The molecule has 0 unspecified atom stereocenters. The summed E-state index contributed by atoms with van der Waals surface area (Å²) in [5, 5.41) is 0.766. The van der Waals surface area contributed by atoms with Crippen LogP contribution in [0.15, 0.2) is 52.8 Å². The van der Waals surface area contributed by atoms with E-state index in [-0.39, 0.29) is 17.4 Å². The Morgan fingerprint density at radius 3 is 2.79 bits per heavy atom. The van der Waals surface area contributed by atoms with E-state index in [1.807, 2.05) is 25.4 Å². The number of imidazole rings is 1. The minimum atomic E-state index is 0.00542. The number of methoxy groups -OCH3 is 1. The number of anilines is 2. The first-order valence-corrected chi connectivity index (χ1v) is 13.5. The summed E-state index contributed by atoms with van der Waals surface area (Å²) in [6.45, 7) is 4.22. The van der Waals surface area contributed by atoms with Gasteiger partial charge < -0.3 is 21.1 Å². The van der Waals surface area contributed by atoms with E-state index in [0.29, 0.717) is 6.61 Å². The van der Waals surface area contributed by atoms with Crippen LogP contribution >= 0.6 is 11.8 Å². The molecule has 4 N–H and O–H groups in total. The highest BCUT2D eigenvalue weighted by atomic mass is 32.2. The molecule has 0 saturated carbocycles. The first-order chi connectivity index (χ1) is 18.5. The Kier molecular flexibility index (Phi) is 6.43. The molecule has 10 heteroatoms. The third-order valence-electron chi connectivity index (χ3n) is 7.69. The van der Waals surface area contributed by atoms with Crippen molar-refractivity contribution in [3.63, 3.8) is 0 Å². The molecule has 1 aliphatic heterocycles. The van der Waals surface area contributed by atoms with Gasteiger partial charge in [0.25, 0.3) is 0 Å². The fraction of sp³-hybridized carbons (Fsp3) is 0.357. The van der Waals surface area contributed by atoms with Crippen molar-refractivity contribution in [1.29, 1.82) is 0 Å². The summed E-state index contributed by atoms with van der Waals surface area (Å²) in [6.07, 6.45) is 8.47. The van der Waals surface area contributed by atoms with E-state index in [2.05, 4.69) is 54.3 Å². The standard InChI is InChI=1S/C28H30N8OS/c1-18-23(38-22-7-10-32-26(30)34-22)25-31-11-14-36(25)27(33-18)35-12-8-28(9-13-35)17-20-6-5-19(4-3-15-37-2)16-21(20)24(28)29/h5-7,10-11,14,16,24H,8-9,12-13,15,17,29H2,1-2H3,(H2,30,32,34)/t24-/m1/s1. The normalized spacial score (nSPS) is 18.0. The van der Waals surface area contributed by atoms with Gasteiger partial charge in [0, 0.05) is 50.4 Å². The summed E-state index contributed by atoms with van der Waals surface area (Å²) in [5.41, 5.74) is 18.1. The zero-order valence-electron chi connectivity index (χ0n) is 21.5. The van der Waals surface area contributed by atoms with Crippen molar-refractivity contribution in [3.05, 3.63) is 65.2 Å². The first kappa shape index (κ1) is 24.7. The average molecular weight is 527 g/mol. The van der Waals surface area contributed by atoms with Crippen LogP contribution in [0.3, 0.4) is 0 Å². The molecule has 3 aromatic heterocycles. The molecule has 1 atom stereocenters. The van der Waals surface area contributed by atoms with Crippen molar-refractivity contribution in [2.75, 3.05) is 37.4 Å². The summed E-state index contributed by atoms with van der Waals surface area (Å²) < 4.78 is 7.13. The largest absolute Gasteiger partial charge is 0.372 e. The first-order valence-electron chi connectivity index (χ1n) is 12.7. The molecule has 2 aliphatic rings. The molecule has 4 aromatic rings. The highest BCUT2D eigenvalue weighted by Crippen LogP contribution is 2.51. The molecule has 1 aliphatic carbocycles. The fourth-order valence-corrected chi connectivity index (χ4v) is 6.62. The second-order valence-corrected chi connectivity index (χ2v) is 11.0. The Hall–Kier alpha value is -3.65. The molecule has 38 heavy (non-hydrogen) atoms. The van der Waals surface area contributed by atoms with Crippen LogP contribution in [0.1, 0.15) is 41.3 Å². The number of nitrogen functional groups attached to an aromatic ring is 1. The predicted octanol–water partition coefficient (Wildman–Crippen LogP) is 3.40. The maximum Gasteiger partial charge on any atom is 0.221 e. The van der Waals surface area contributed by atoms with Crippen molar-refractivity contribution in [3.8, 4) is 11.8 Å². The van der Waals surface area contributed by atoms with Crippen LogP contribution in [0.5, 0.6) is 0 Å². The van der Waals surface area contributed by atoms with Gasteiger partial charge in [-0.05, 0) is 60.9 Å². The second kappa shape index (κ2) is 9.91. The number of ether oxygens (including phenoxy) is 1. The van der Waals surface area contributed by atoms with Gasteiger partial charge in [0.2, 0.25) is 11.9 Å². The van der Waals surface area contributed by atoms with Gasteiger partial charge in [0.05, 0.1) is 10.6 Å². The molecular weight excluding hydrogens is 496 g/mol. The summed E-state index contributed by atoms with van der Waals surface area (Å²) in [4.78, 5) is 21.3. The van der Waals surface area contributed by atoms with Crippen LogP contribution in [-0.4, -0.2) is 51.1 Å². The number of fused-ring (bicyclic) bond motifs is 2. The lowest BCUT2D eigenvalue weighted by atomic mass is 9.73. The summed E-state index contributed by atoms with van der Waals surface area (Å²) >= 11 is 1.51. The Bertz CT molecular complexity index is 1560. The second-order valence-electron chi connectivity index (χ2n) is 9.95. The number of nitrogens with two attached hydrogens (primary N) is 2. The number of benzene rings is 1. The molecule has 1 spiro atoms. The molecule has 1 aromatic carbocycles. The van der Waals surface area contributed by atoms with Crippen molar-refractivity contribution in [2.45, 2.75) is 42.1 Å². The van der Waals surface area contributed by atoms with Crippen molar-refractivity contribution in [2.24, 2.45) is 11.1 Å². The number of aromatic nitrogens is 5. The zero-order valence-corrected chi connectivity index (χ0v) is 22.3. The molecule has 1 saturated heterocycles. The number of rotatable bonds is 4. The number of hydrogen-bond acceptors (Lipinski definition) is 9. The van der Waals surface area contributed by atoms with Crippen LogP contribution in [-0.2, 0) is 11.2 Å². The van der Waals surface area contributed by atoms with Gasteiger partial charge in [0.15, 0.2) is 5.65 Å². The van der Waals surface area contributed by atoms with Gasteiger partial charge in [-0.2, -0.15) is 0 Å². The van der Waals surface area contributed by atoms with E-state index in [4.69, 9.17) is 21.2 Å². The Balaban J connectivity index is 1.23. The van der Waals surface area contributed by atoms with Crippen molar-refractivity contribution in [1.82, 2.24) is 24.3 Å². The predicted molar refractivity (Wildman–Crippen MR) is 148 cm³/mol. The third kappa shape index (κ3) is 4.36. The lowest BCUT2D eigenvalue weighted by Gasteiger charge is -2.42. The minimum absolute atomic E-state index is 0.00542. The van der Waals surface area contributed by atoms with E-state index in [1.54, 1.807) is 13.3 Å². The van der Waals surface area contributed by atoms with Crippen LogP contribution < -0.4 is 16.4 Å². The molecule has 1 fully saturated rings. The van der Waals surface area contributed by atoms with E-state index < -0.39 is 0 Å². The Morgan fingerprint density at radius 2 is 2.00 bits per heavy atom. The van der Waals surface area contributed by atoms with E-state index in [1.165, 1.54) is 22.9 Å². The lowest BCUT2D eigenvalue weighted by Crippen LogP contribution is -2.45. The molecule has 0 bridgehead atoms. The lowest BCUT2D eigenvalue weighted by molar-refractivity contribution is 0.186. The number of hydrogen-bond donors (Lipinski definition) is 2. The summed E-state index contributed by atoms with van der Waals surface area (Å²) in [6, 6.07) is 8.32. The van der Waals surface area contributed by atoms with Gasteiger partial charge in [-0.1, -0.05) is 29.7 Å². The summed E-state index contributed by atoms with van der Waals surface area (Å²) in [5.74, 6) is 7.39. The Labute approximate surface area is 226 Å². The monoisotopic (exact) mass is 526 g/mol. The third-order valence-corrected chi connectivity index (χ3v) is 8.80. The van der Waals surface area contributed by atoms with Crippen molar-refractivity contribution >= 4 is 29.3 Å². The van der Waals surface area contributed by atoms with E-state index in [0.717, 1.165) is 65.1 Å². The van der Waals surface area contributed by atoms with Crippen molar-refractivity contribution < 1.29 is 4.74 Å². The number of piperidine rings is 1. The van der Waals surface area contributed by atoms with Gasteiger partial charge in [-0.25, -0.2) is 19.9 Å². The summed E-state index contributed by atoms with van der Waals surface area (Å²) in [7, 11) is 1.65. The minimum Gasteiger partial charge on any atom is -0.372 e. The quantitative estimate of drug-likeness (QED) is 0.304. The fourth-order valence-electron chi connectivity index (χ4n) is 5.70. The maximum absolute atomic E-state index is 6.92. The average Bonchev–Trinajstić information content (AvgIpc) is 3.50. The molecular formula is C28H30N8OS. The molecule has 6 rings (SSSR count). The molecule has 9 nitrogen and oxygen atoms in total. The molecule has 4 heterocycles. The molecule has 194 valence electrons. The van der Waals surface area contributed by atoms with E-state index in [9.17, 15) is 0 Å². The van der Waals surface area contributed by atoms with Gasteiger partial charge in [-0.15, -0.1) is 0 Å².